The average molecular weight is 436 g/mol. The van der Waals surface area contributed by atoms with Crippen LogP contribution in [-0.2, 0) is 0 Å². The van der Waals surface area contributed by atoms with E-state index in [9.17, 15) is 29.8 Å². The van der Waals surface area contributed by atoms with Gasteiger partial charge in [0.1, 0.15) is 11.1 Å². The number of rotatable bonds is 5. The Morgan fingerprint density at radius 1 is 0.844 bits per heavy atom. The molecule has 2 aromatic carbocycles. The maximum Gasteiger partial charge on any atom is 0.284 e. The van der Waals surface area contributed by atoms with Crippen molar-refractivity contribution >= 4 is 22.9 Å². The molecule has 166 valence electrons. The van der Waals surface area contributed by atoms with Crippen LogP contribution < -0.4 is 0 Å². The molecule has 8 nitrogen and oxygen atoms in total. The highest BCUT2D eigenvalue weighted by Gasteiger charge is 2.42. The van der Waals surface area contributed by atoms with Crippen molar-refractivity contribution in [3.8, 4) is 0 Å². The molecular weight excluding hydrogens is 412 g/mol. The fourth-order valence-electron chi connectivity index (χ4n) is 5.34. The lowest BCUT2D eigenvalue weighted by atomic mass is 9.74. The third-order valence-electron chi connectivity index (χ3n) is 6.88. The third-order valence-corrected chi connectivity index (χ3v) is 6.88. The van der Waals surface area contributed by atoms with E-state index in [1.165, 1.54) is 25.1 Å². The first-order valence-corrected chi connectivity index (χ1v) is 10.9. The van der Waals surface area contributed by atoms with E-state index in [2.05, 4.69) is 6.92 Å². The summed E-state index contributed by atoms with van der Waals surface area (Å²) in [5.74, 6) is -0.852. The van der Waals surface area contributed by atoms with Crippen molar-refractivity contribution in [2.24, 2.45) is 5.92 Å². The number of aryl methyl sites for hydroxylation is 1. The van der Waals surface area contributed by atoms with E-state index >= 15 is 0 Å². The number of fused-ring (bicyclic) bond motifs is 2. The van der Waals surface area contributed by atoms with Crippen molar-refractivity contribution in [3.63, 3.8) is 0 Å². The Kier molecular flexibility index (Phi) is 5.62. The van der Waals surface area contributed by atoms with E-state index in [-0.39, 0.29) is 39.4 Å². The Labute approximate surface area is 184 Å². The lowest BCUT2D eigenvalue weighted by Gasteiger charge is -2.29. The van der Waals surface area contributed by atoms with Crippen LogP contribution in [0.25, 0.3) is 0 Å². The van der Waals surface area contributed by atoms with Crippen LogP contribution in [0.4, 0.5) is 11.4 Å². The molecule has 1 saturated carbocycles. The molecule has 0 N–H and O–H groups in total. The second kappa shape index (κ2) is 8.26. The summed E-state index contributed by atoms with van der Waals surface area (Å²) in [6.07, 6.45) is 5.81. The zero-order valence-corrected chi connectivity index (χ0v) is 18.1. The molecule has 2 aliphatic carbocycles. The summed E-state index contributed by atoms with van der Waals surface area (Å²) in [4.78, 5) is 49.1. The van der Waals surface area contributed by atoms with Crippen LogP contribution in [0.3, 0.4) is 0 Å². The smallest absolute Gasteiger partial charge is 0.284 e. The minimum atomic E-state index is -0.716. The number of nitrogens with zero attached hydrogens (tertiary/aromatic N) is 2. The highest BCUT2D eigenvalue weighted by molar-refractivity contribution is 6.31. The standard InChI is InChI=1S/C24H24N2O6/c1-3-4-14-6-8-15(9-7-14)16-11-12-18-20(22(16)26(31)32)24(28)17-10-5-13(2)21(25(29)30)19(17)23(18)27/h5,10-12,14-15H,3-4,6-9H2,1-2H3/t14-,15-. The highest BCUT2D eigenvalue weighted by atomic mass is 16.6. The molecule has 8 heteroatoms. The van der Waals surface area contributed by atoms with Crippen molar-refractivity contribution < 1.29 is 19.4 Å². The number of carbonyl (C=O) groups is 2. The number of hydrogen-bond donors (Lipinski definition) is 0. The van der Waals surface area contributed by atoms with Crippen LogP contribution in [0.5, 0.6) is 0 Å². The second-order valence-electron chi connectivity index (χ2n) is 8.76. The normalized spacial score (nSPS) is 19.9. The van der Waals surface area contributed by atoms with Gasteiger partial charge in [0.25, 0.3) is 11.4 Å². The molecule has 0 radical (unpaired) electrons. The summed E-state index contributed by atoms with van der Waals surface area (Å²) in [7, 11) is 0. The molecule has 1 fully saturated rings. The second-order valence-corrected chi connectivity index (χ2v) is 8.76. The van der Waals surface area contributed by atoms with Crippen molar-refractivity contribution in [1.82, 2.24) is 0 Å². The average Bonchev–Trinajstić information content (AvgIpc) is 2.76. The zero-order chi connectivity index (χ0) is 23.2. The van der Waals surface area contributed by atoms with Gasteiger partial charge in [0.2, 0.25) is 11.6 Å². The van der Waals surface area contributed by atoms with Gasteiger partial charge in [0.15, 0.2) is 0 Å². The minimum Gasteiger partial charge on any atom is -0.288 e. The van der Waals surface area contributed by atoms with Gasteiger partial charge in [0.05, 0.1) is 9.85 Å². The van der Waals surface area contributed by atoms with Gasteiger partial charge >= 0.3 is 0 Å². The Morgan fingerprint density at radius 3 is 1.91 bits per heavy atom. The molecule has 0 bridgehead atoms. The summed E-state index contributed by atoms with van der Waals surface area (Å²) in [5.41, 5.74) is -0.809. The van der Waals surface area contributed by atoms with E-state index in [1.54, 1.807) is 6.07 Å². The molecule has 0 aliphatic heterocycles. The first-order chi connectivity index (χ1) is 15.3. The SMILES string of the molecule is CCC[C@H]1CC[C@H](c2ccc3c(c2[N+](=O)[O-])C(=O)c2ccc(C)c([N+](=O)[O-])c2C3=O)CC1. The summed E-state index contributed by atoms with van der Waals surface area (Å²) in [6.45, 7) is 3.64. The largest absolute Gasteiger partial charge is 0.288 e. The lowest BCUT2D eigenvalue weighted by molar-refractivity contribution is -0.386. The summed E-state index contributed by atoms with van der Waals surface area (Å²) in [5, 5.41) is 23.7. The quantitative estimate of drug-likeness (QED) is 0.376. The maximum atomic E-state index is 13.4. The monoisotopic (exact) mass is 436 g/mol. The van der Waals surface area contributed by atoms with E-state index in [4.69, 9.17) is 0 Å². The molecule has 0 atom stereocenters. The van der Waals surface area contributed by atoms with E-state index in [0.717, 1.165) is 38.5 Å². The Hall–Kier alpha value is -3.42. The molecule has 0 saturated heterocycles. The van der Waals surface area contributed by atoms with Gasteiger partial charge in [-0.15, -0.1) is 0 Å². The van der Waals surface area contributed by atoms with Crippen molar-refractivity contribution in [2.45, 2.75) is 58.3 Å². The first kappa shape index (κ1) is 21.8. The van der Waals surface area contributed by atoms with Crippen LogP contribution in [0.2, 0.25) is 0 Å². The Morgan fingerprint density at radius 2 is 1.38 bits per heavy atom. The summed E-state index contributed by atoms with van der Waals surface area (Å²) >= 11 is 0. The predicted octanol–water partition coefficient (Wildman–Crippen LogP) is 5.66. The van der Waals surface area contributed by atoms with Gasteiger partial charge in [-0.2, -0.15) is 0 Å². The lowest BCUT2D eigenvalue weighted by Crippen LogP contribution is -2.25. The van der Waals surface area contributed by atoms with Gasteiger partial charge in [0, 0.05) is 22.3 Å². The van der Waals surface area contributed by atoms with Crippen LogP contribution in [0.15, 0.2) is 24.3 Å². The summed E-state index contributed by atoms with van der Waals surface area (Å²) < 4.78 is 0. The van der Waals surface area contributed by atoms with Gasteiger partial charge in [-0.3, -0.25) is 29.8 Å². The highest BCUT2D eigenvalue weighted by Crippen LogP contribution is 2.45. The molecule has 0 amide bonds. The fourth-order valence-corrected chi connectivity index (χ4v) is 5.34. The number of ketones is 2. The van der Waals surface area contributed by atoms with Gasteiger partial charge in [-0.05, 0) is 56.6 Å². The number of carbonyl (C=O) groups excluding carboxylic acids is 2. The fraction of sp³-hybridized carbons (Fsp3) is 0.417. The zero-order valence-electron chi connectivity index (χ0n) is 18.1. The van der Waals surface area contributed by atoms with Gasteiger partial charge in [-0.1, -0.05) is 31.9 Å². The Bertz CT molecular complexity index is 1160. The van der Waals surface area contributed by atoms with Crippen LogP contribution in [-0.4, -0.2) is 21.4 Å². The van der Waals surface area contributed by atoms with Crippen molar-refractivity contribution in [2.75, 3.05) is 0 Å². The summed E-state index contributed by atoms with van der Waals surface area (Å²) in [6, 6.07) is 5.76. The van der Waals surface area contributed by atoms with Crippen molar-refractivity contribution in [3.05, 3.63) is 77.9 Å². The molecule has 0 heterocycles. The molecule has 4 rings (SSSR count). The third kappa shape index (κ3) is 3.39. The Balaban J connectivity index is 1.85. The molecule has 2 aliphatic rings. The molecule has 0 aromatic heterocycles. The predicted molar refractivity (Wildman–Crippen MR) is 117 cm³/mol. The number of hydrogen-bond acceptors (Lipinski definition) is 6. The topological polar surface area (TPSA) is 120 Å². The molecule has 2 aromatic rings. The number of nitro groups is 2. The van der Waals surface area contributed by atoms with E-state index < -0.39 is 27.1 Å². The van der Waals surface area contributed by atoms with Gasteiger partial charge < -0.3 is 0 Å². The maximum absolute atomic E-state index is 13.4. The van der Waals surface area contributed by atoms with E-state index in [0.29, 0.717) is 11.5 Å². The molecular formula is C24H24N2O6. The molecule has 32 heavy (non-hydrogen) atoms. The first-order valence-electron chi connectivity index (χ1n) is 10.9. The van der Waals surface area contributed by atoms with Crippen molar-refractivity contribution in [1.29, 1.82) is 0 Å². The molecule has 0 spiro atoms. The van der Waals surface area contributed by atoms with Crippen LogP contribution in [0, 0.1) is 33.1 Å². The van der Waals surface area contributed by atoms with Crippen LogP contribution >= 0.6 is 0 Å². The molecule has 0 unspecified atom stereocenters. The minimum absolute atomic E-state index is 0.0505. The van der Waals surface area contributed by atoms with E-state index in [1.807, 2.05) is 0 Å². The van der Waals surface area contributed by atoms with Gasteiger partial charge in [-0.25, -0.2) is 0 Å². The number of nitro benzene ring substituents is 2. The van der Waals surface area contributed by atoms with Crippen LogP contribution in [0.1, 0.15) is 94.3 Å². The number of benzene rings is 2.